The number of alkyl halides is 6. The fourth-order valence-electron chi connectivity index (χ4n) is 4.75. The highest BCUT2D eigenvalue weighted by Crippen LogP contribution is 2.41. The summed E-state index contributed by atoms with van der Waals surface area (Å²) >= 11 is 5.37. The molecule has 17 heteroatoms. The number of hydrogen-bond donors (Lipinski definition) is 0. The second kappa shape index (κ2) is 19.5. The number of carbonyl (C=O) groups excluding carboxylic acids is 3. The molecular formula is C38H37BrF6N2O6S2. The Bertz CT molecular complexity index is 2010. The molecule has 0 saturated carbocycles. The Balaban J connectivity index is 0.000000297. The number of halogens is 7. The van der Waals surface area contributed by atoms with E-state index < -0.39 is 29.4 Å². The summed E-state index contributed by atoms with van der Waals surface area (Å²) in [6, 6.07) is 17.1. The van der Waals surface area contributed by atoms with E-state index in [0.29, 0.717) is 16.9 Å². The molecule has 0 N–H and O–H groups in total. The molecule has 296 valence electrons. The van der Waals surface area contributed by atoms with Crippen LogP contribution >= 0.6 is 39.5 Å². The van der Waals surface area contributed by atoms with E-state index in [1.54, 1.807) is 44.8 Å². The predicted molar refractivity (Wildman–Crippen MR) is 203 cm³/mol. The summed E-state index contributed by atoms with van der Waals surface area (Å²) in [4.78, 5) is 38.0. The predicted octanol–water partition coefficient (Wildman–Crippen LogP) is 10.9. The minimum atomic E-state index is -4.52. The zero-order valence-electron chi connectivity index (χ0n) is 30.6. The van der Waals surface area contributed by atoms with Crippen molar-refractivity contribution in [1.82, 2.24) is 9.80 Å². The average molecular weight is 876 g/mol. The second-order valence-corrected chi connectivity index (χ2v) is 14.4. The van der Waals surface area contributed by atoms with Gasteiger partial charge in [0.2, 0.25) is 11.8 Å². The molecule has 0 aliphatic heterocycles. The van der Waals surface area contributed by atoms with Crippen LogP contribution in [0.15, 0.2) is 87.1 Å². The van der Waals surface area contributed by atoms with E-state index in [4.69, 9.17) is 14.2 Å². The molecule has 4 aromatic rings. The van der Waals surface area contributed by atoms with Gasteiger partial charge in [-0.2, -0.15) is 26.3 Å². The number of carbonyl (C=O) groups is 3. The van der Waals surface area contributed by atoms with Gasteiger partial charge >= 0.3 is 18.3 Å². The lowest BCUT2D eigenvalue weighted by molar-refractivity contribution is -0.140. The minimum Gasteiger partial charge on any atom is -0.465 e. The molecule has 2 amide bonds. The van der Waals surface area contributed by atoms with Crippen LogP contribution in [0.3, 0.4) is 0 Å². The number of amides is 2. The average Bonchev–Trinajstić information content (AvgIpc) is 3.12. The molecule has 0 aromatic heterocycles. The van der Waals surface area contributed by atoms with Crippen LogP contribution in [0, 0.1) is 0 Å². The molecule has 4 rings (SSSR count). The van der Waals surface area contributed by atoms with E-state index in [1.807, 2.05) is 0 Å². The van der Waals surface area contributed by atoms with E-state index in [1.165, 1.54) is 73.2 Å². The Morgan fingerprint density at radius 3 is 1.45 bits per heavy atom. The lowest BCUT2D eigenvalue weighted by Gasteiger charge is -2.19. The first-order chi connectivity index (χ1) is 25.7. The molecule has 0 aliphatic carbocycles. The third kappa shape index (κ3) is 12.9. The topological polar surface area (TPSA) is 85.4 Å². The van der Waals surface area contributed by atoms with Crippen molar-refractivity contribution in [1.29, 1.82) is 0 Å². The standard InChI is InChI=1S/C20H20F3NO4S.C18H17BrF3NO2S/c1-12(25)24(2)11-14-9-13(19(26)27-3)5-7-17(14)28-15-6-8-18(29-4)16(10-15)20(21,22)23;1-11(24)23(2)10-12-8-13(19)4-6-16(12)25-14-5-7-17(26-3)15(9-14)18(20,21)22/h5-10H,11H2,1-4H3;4-9H,10H2,1-3H3. The molecule has 0 unspecified atom stereocenters. The van der Waals surface area contributed by atoms with E-state index in [9.17, 15) is 40.7 Å². The molecular weight excluding hydrogens is 838 g/mol. The fourth-order valence-corrected chi connectivity index (χ4v) is 6.36. The maximum atomic E-state index is 13.3. The van der Waals surface area contributed by atoms with Crippen LogP contribution in [0.5, 0.6) is 23.0 Å². The molecule has 0 saturated heterocycles. The summed E-state index contributed by atoms with van der Waals surface area (Å²) in [7, 11) is 4.44. The van der Waals surface area contributed by atoms with E-state index in [-0.39, 0.29) is 57.5 Å². The molecule has 55 heavy (non-hydrogen) atoms. The molecule has 8 nitrogen and oxygen atoms in total. The Hall–Kier alpha value is -4.35. The van der Waals surface area contributed by atoms with Crippen molar-refractivity contribution in [3.8, 4) is 23.0 Å². The highest BCUT2D eigenvalue weighted by Gasteiger charge is 2.35. The largest absolute Gasteiger partial charge is 0.465 e. The number of ether oxygens (including phenoxy) is 3. The van der Waals surface area contributed by atoms with Crippen molar-refractivity contribution < 1.29 is 54.9 Å². The highest BCUT2D eigenvalue weighted by atomic mass is 79.9. The second-order valence-electron chi connectivity index (χ2n) is 11.7. The van der Waals surface area contributed by atoms with Gasteiger partial charge in [-0.3, -0.25) is 9.59 Å². The lowest BCUT2D eigenvalue weighted by atomic mass is 10.1. The number of benzene rings is 4. The van der Waals surface area contributed by atoms with E-state index >= 15 is 0 Å². The summed E-state index contributed by atoms with van der Waals surface area (Å²) in [6.07, 6.45) is -5.83. The maximum absolute atomic E-state index is 13.3. The fraction of sp³-hybridized carbons (Fsp3) is 0.289. The van der Waals surface area contributed by atoms with Gasteiger partial charge < -0.3 is 24.0 Å². The van der Waals surface area contributed by atoms with Crippen LogP contribution in [-0.4, -0.2) is 61.3 Å². The first-order valence-corrected chi connectivity index (χ1v) is 19.2. The lowest BCUT2D eigenvalue weighted by Crippen LogP contribution is -2.23. The van der Waals surface area contributed by atoms with Crippen LogP contribution in [-0.2, 0) is 39.8 Å². The highest BCUT2D eigenvalue weighted by molar-refractivity contribution is 9.10. The summed E-state index contributed by atoms with van der Waals surface area (Å²) in [5.41, 5.74) is -0.161. The summed E-state index contributed by atoms with van der Waals surface area (Å²) < 4.78 is 96.5. The Kier molecular flexibility index (Phi) is 16.0. The van der Waals surface area contributed by atoms with Crippen molar-refractivity contribution in [2.24, 2.45) is 0 Å². The maximum Gasteiger partial charge on any atom is 0.417 e. The van der Waals surface area contributed by atoms with Gasteiger partial charge in [-0.15, -0.1) is 23.5 Å². The van der Waals surface area contributed by atoms with Gasteiger partial charge in [-0.25, -0.2) is 4.79 Å². The van der Waals surface area contributed by atoms with Gasteiger partial charge in [-0.05, 0) is 85.3 Å². The van der Waals surface area contributed by atoms with Crippen molar-refractivity contribution in [2.75, 3.05) is 33.7 Å². The van der Waals surface area contributed by atoms with Gasteiger partial charge in [0, 0.05) is 66.4 Å². The first-order valence-electron chi connectivity index (χ1n) is 16.0. The third-order valence-electron chi connectivity index (χ3n) is 7.80. The molecule has 0 atom stereocenters. The molecule has 4 aromatic carbocycles. The smallest absolute Gasteiger partial charge is 0.417 e. The van der Waals surface area contributed by atoms with E-state index in [0.717, 1.165) is 40.1 Å². The van der Waals surface area contributed by atoms with Crippen molar-refractivity contribution in [2.45, 2.75) is 49.1 Å². The Labute approximate surface area is 331 Å². The van der Waals surface area contributed by atoms with Crippen molar-refractivity contribution in [3.63, 3.8) is 0 Å². The normalized spacial score (nSPS) is 11.2. The number of thioether (sulfide) groups is 2. The van der Waals surface area contributed by atoms with Gasteiger partial charge in [0.15, 0.2) is 0 Å². The van der Waals surface area contributed by atoms with Gasteiger partial charge in [-0.1, -0.05) is 15.9 Å². The number of methoxy groups -OCH3 is 1. The van der Waals surface area contributed by atoms with Gasteiger partial charge in [0.1, 0.15) is 23.0 Å². The van der Waals surface area contributed by atoms with Crippen LogP contribution in [0.1, 0.15) is 46.5 Å². The molecule has 0 aliphatic rings. The number of nitrogens with zero attached hydrogens (tertiary/aromatic N) is 2. The monoisotopic (exact) mass is 874 g/mol. The van der Waals surface area contributed by atoms with Crippen LogP contribution in [0.25, 0.3) is 0 Å². The van der Waals surface area contributed by atoms with Crippen LogP contribution < -0.4 is 9.47 Å². The molecule has 0 heterocycles. The third-order valence-corrected chi connectivity index (χ3v) is 9.89. The number of esters is 1. The quantitative estimate of drug-likeness (QED) is 0.0837. The van der Waals surface area contributed by atoms with Crippen molar-refractivity contribution in [3.05, 3.63) is 105 Å². The van der Waals surface area contributed by atoms with Gasteiger partial charge in [0.25, 0.3) is 0 Å². The molecule has 0 bridgehead atoms. The van der Waals surface area contributed by atoms with Crippen LogP contribution in [0.2, 0.25) is 0 Å². The minimum absolute atomic E-state index is 0.00679. The Morgan fingerprint density at radius 2 is 1.07 bits per heavy atom. The zero-order chi connectivity index (χ0) is 41.2. The molecule has 0 radical (unpaired) electrons. The molecule has 0 spiro atoms. The molecule has 0 fully saturated rings. The summed E-state index contributed by atoms with van der Waals surface area (Å²) in [5, 5.41) is 0. The van der Waals surface area contributed by atoms with E-state index in [2.05, 4.69) is 15.9 Å². The number of rotatable bonds is 11. The summed E-state index contributed by atoms with van der Waals surface area (Å²) in [5.74, 6) is -0.214. The van der Waals surface area contributed by atoms with Crippen LogP contribution in [0.4, 0.5) is 26.3 Å². The number of hydrogen-bond acceptors (Lipinski definition) is 8. The SMILES string of the molecule is COC(=O)c1ccc(Oc2ccc(SC)c(C(F)(F)F)c2)c(CN(C)C(C)=O)c1.CSc1ccc(Oc2ccc(Br)cc2CN(C)C(C)=O)cc1C(F)(F)F. The zero-order valence-corrected chi connectivity index (χ0v) is 33.9. The first kappa shape index (κ1) is 45.0. The van der Waals surface area contributed by atoms with Gasteiger partial charge in [0.05, 0.1) is 23.8 Å². The van der Waals surface area contributed by atoms with Crippen molar-refractivity contribution >= 4 is 57.2 Å². The Morgan fingerprint density at radius 1 is 0.655 bits per heavy atom. The summed E-state index contributed by atoms with van der Waals surface area (Å²) in [6.45, 7) is 3.19.